The maximum atomic E-state index is 13.0. The number of carbonyl (C=O) groups is 2. The van der Waals surface area contributed by atoms with Crippen molar-refractivity contribution in [2.75, 3.05) is 18.9 Å². The van der Waals surface area contributed by atoms with Gasteiger partial charge in [-0.25, -0.2) is 0 Å². The second-order valence-corrected chi connectivity index (χ2v) is 6.90. The van der Waals surface area contributed by atoms with E-state index < -0.39 is 5.92 Å². The second kappa shape index (κ2) is 8.22. The molecule has 0 saturated heterocycles. The van der Waals surface area contributed by atoms with Gasteiger partial charge in [0.05, 0.1) is 23.3 Å². The summed E-state index contributed by atoms with van der Waals surface area (Å²) in [5, 5.41) is 13.4. The molecule has 0 bridgehead atoms. The topological polar surface area (TPSA) is 129 Å². The number of para-hydroxylation sites is 1. The minimum Gasteiger partial charge on any atom is -0.359 e. The molecule has 0 aliphatic rings. The maximum Gasteiger partial charge on any atom is 0.251 e. The summed E-state index contributed by atoms with van der Waals surface area (Å²) in [6.07, 6.45) is 5.46. The summed E-state index contributed by atoms with van der Waals surface area (Å²) in [6.45, 7) is 0.145. The number of aromatic nitrogens is 3. The first-order valence-electron chi connectivity index (χ1n) is 9.54. The van der Waals surface area contributed by atoms with E-state index in [1.54, 1.807) is 37.5 Å². The quantitative estimate of drug-likeness (QED) is 0.339. The molecule has 2 heterocycles. The Morgan fingerprint density at radius 2 is 1.93 bits per heavy atom. The van der Waals surface area contributed by atoms with E-state index in [0.29, 0.717) is 11.3 Å². The van der Waals surface area contributed by atoms with Crippen LogP contribution in [0.5, 0.6) is 0 Å². The Labute approximate surface area is 172 Å². The first-order chi connectivity index (χ1) is 14.6. The van der Waals surface area contributed by atoms with Gasteiger partial charge in [-0.1, -0.05) is 24.3 Å². The fourth-order valence-electron chi connectivity index (χ4n) is 3.52. The molecule has 30 heavy (non-hydrogen) atoms. The molecular weight excluding hydrogens is 380 g/mol. The molecule has 2 aromatic heterocycles. The van der Waals surface area contributed by atoms with Crippen LogP contribution in [0.15, 0.2) is 61.1 Å². The summed E-state index contributed by atoms with van der Waals surface area (Å²) in [7, 11) is 1.57. The highest BCUT2D eigenvalue weighted by Gasteiger charge is 2.21. The zero-order chi connectivity index (χ0) is 21.1. The predicted octanol–water partition coefficient (Wildman–Crippen LogP) is 2.60. The van der Waals surface area contributed by atoms with Crippen LogP contribution in [0.2, 0.25) is 0 Å². The molecule has 1 unspecified atom stereocenters. The van der Waals surface area contributed by atoms with Crippen LogP contribution in [0.25, 0.3) is 22.0 Å². The monoisotopic (exact) mass is 402 g/mol. The van der Waals surface area contributed by atoms with E-state index in [1.807, 2.05) is 30.6 Å². The molecule has 6 N–H and O–H groups in total. The zero-order valence-corrected chi connectivity index (χ0v) is 16.4. The second-order valence-electron chi connectivity index (χ2n) is 6.90. The Morgan fingerprint density at radius 1 is 1.13 bits per heavy atom. The third kappa shape index (κ3) is 3.56. The largest absolute Gasteiger partial charge is 0.359 e. The zero-order valence-electron chi connectivity index (χ0n) is 16.4. The van der Waals surface area contributed by atoms with Gasteiger partial charge in [0.1, 0.15) is 0 Å². The Kier molecular flexibility index (Phi) is 5.32. The number of H-pyrrole nitrogens is 2. The highest BCUT2D eigenvalue weighted by Crippen LogP contribution is 2.32. The third-order valence-electron chi connectivity index (χ3n) is 5.14. The van der Waals surface area contributed by atoms with Gasteiger partial charge in [0, 0.05) is 48.1 Å². The lowest BCUT2D eigenvalue weighted by Crippen LogP contribution is -2.27. The molecule has 0 saturated carbocycles. The summed E-state index contributed by atoms with van der Waals surface area (Å²) >= 11 is 0. The molecule has 152 valence electrons. The number of nitrogens with two attached hydrogens (primary N) is 1. The Hall–Kier alpha value is -3.91. The molecule has 4 aromatic rings. The molecule has 0 aliphatic heterocycles. The van der Waals surface area contributed by atoms with Crippen molar-refractivity contribution >= 4 is 28.4 Å². The summed E-state index contributed by atoms with van der Waals surface area (Å²) in [4.78, 5) is 28.0. The van der Waals surface area contributed by atoms with Gasteiger partial charge in [0.25, 0.3) is 5.91 Å². The van der Waals surface area contributed by atoms with Crippen molar-refractivity contribution in [3.8, 4) is 11.1 Å². The van der Waals surface area contributed by atoms with Crippen LogP contribution in [-0.2, 0) is 4.79 Å². The van der Waals surface area contributed by atoms with Crippen molar-refractivity contribution < 1.29 is 9.59 Å². The van der Waals surface area contributed by atoms with E-state index in [9.17, 15) is 9.59 Å². The molecular formula is C22H22N6O2. The molecule has 0 fully saturated rings. The van der Waals surface area contributed by atoms with Crippen LogP contribution in [-0.4, -0.2) is 40.6 Å². The van der Waals surface area contributed by atoms with E-state index in [2.05, 4.69) is 25.8 Å². The molecule has 0 radical (unpaired) electrons. The average Bonchev–Trinajstić information content (AvgIpc) is 3.44. The maximum absolute atomic E-state index is 13.0. The predicted molar refractivity (Wildman–Crippen MR) is 116 cm³/mol. The van der Waals surface area contributed by atoms with E-state index >= 15 is 0 Å². The van der Waals surface area contributed by atoms with Gasteiger partial charge < -0.3 is 21.4 Å². The van der Waals surface area contributed by atoms with Crippen LogP contribution >= 0.6 is 0 Å². The lowest BCUT2D eigenvalue weighted by atomic mass is 9.96. The Bertz CT molecular complexity index is 1180. The van der Waals surface area contributed by atoms with Gasteiger partial charge in [0.15, 0.2) is 0 Å². The Morgan fingerprint density at radius 3 is 2.60 bits per heavy atom. The minimum absolute atomic E-state index is 0.145. The van der Waals surface area contributed by atoms with E-state index in [0.717, 1.165) is 27.6 Å². The third-order valence-corrected chi connectivity index (χ3v) is 5.14. The Balaban J connectivity index is 1.59. The number of hydrogen-bond acceptors (Lipinski definition) is 4. The van der Waals surface area contributed by atoms with E-state index in [4.69, 9.17) is 5.73 Å². The highest BCUT2D eigenvalue weighted by molar-refractivity contribution is 6.07. The number of aromatic amines is 2. The van der Waals surface area contributed by atoms with Crippen LogP contribution in [0.4, 0.5) is 5.69 Å². The summed E-state index contributed by atoms with van der Waals surface area (Å²) in [5.41, 5.74) is 10.6. The van der Waals surface area contributed by atoms with Crippen LogP contribution < -0.4 is 16.4 Å². The first kappa shape index (κ1) is 19.4. The van der Waals surface area contributed by atoms with Crippen molar-refractivity contribution in [2.45, 2.75) is 5.92 Å². The number of hydrogen-bond donors (Lipinski definition) is 5. The number of rotatable bonds is 6. The fraction of sp³-hybridized carbons (Fsp3) is 0.136. The van der Waals surface area contributed by atoms with Crippen molar-refractivity contribution in [1.82, 2.24) is 20.5 Å². The van der Waals surface area contributed by atoms with Gasteiger partial charge in [0.2, 0.25) is 5.91 Å². The molecule has 2 amide bonds. The summed E-state index contributed by atoms with van der Waals surface area (Å²) in [6, 6.07) is 12.6. The SMILES string of the molecule is CNC(=O)c1ccc(C(CN)C(=O)Nc2cccc3c(-c4cn[nH]c4)c[nH]c23)cc1. The van der Waals surface area contributed by atoms with Gasteiger partial charge >= 0.3 is 0 Å². The lowest BCUT2D eigenvalue weighted by Gasteiger charge is -2.16. The molecule has 8 nitrogen and oxygen atoms in total. The van der Waals surface area contributed by atoms with Gasteiger partial charge in [-0.2, -0.15) is 5.10 Å². The van der Waals surface area contributed by atoms with Crippen molar-refractivity contribution in [3.05, 3.63) is 72.2 Å². The van der Waals surface area contributed by atoms with Crippen molar-refractivity contribution in [3.63, 3.8) is 0 Å². The molecule has 1 atom stereocenters. The van der Waals surface area contributed by atoms with Crippen LogP contribution in [0.3, 0.4) is 0 Å². The number of carbonyl (C=O) groups excluding carboxylic acids is 2. The number of anilines is 1. The number of nitrogens with zero attached hydrogens (tertiary/aromatic N) is 1. The van der Waals surface area contributed by atoms with E-state index in [-0.39, 0.29) is 18.4 Å². The lowest BCUT2D eigenvalue weighted by molar-refractivity contribution is -0.117. The van der Waals surface area contributed by atoms with Crippen molar-refractivity contribution in [2.24, 2.45) is 5.73 Å². The number of amides is 2. The molecule has 8 heteroatoms. The average molecular weight is 402 g/mol. The number of nitrogens with one attached hydrogen (secondary N) is 4. The molecule has 0 spiro atoms. The minimum atomic E-state index is -0.540. The standard InChI is InChI=1S/C22H22N6O2/c1-24-21(29)14-7-5-13(6-8-14)17(9-23)22(30)28-19-4-2-3-16-18(12-25-20(16)19)15-10-26-27-11-15/h2-8,10-12,17,25H,9,23H2,1H3,(H,24,29)(H,26,27)(H,28,30). The number of fused-ring (bicyclic) bond motifs is 1. The van der Waals surface area contributed by atoms with Crippen LogP contribution in [0, 0.1) is 0 Å². The normalized spacial score (nSPS) is 11.9. The van der Waals surface area contributed by atoms with Crippen LogP contribution in [0.1, 0.15) is 21.8 Å². The summed E-state index contributed by atoms with van der Waals surface area (Å²) < 4.78 is 0. The molecule has 2 aromatic carbocycles. The fourth-order valence-corrected chi connectivity index (χ4v) is 3.52. The van der Waals surface area contributed by atoms with Gasteiger partial charge in [-0.05, 0) is 23.8 Å². The van der Waals surface area contributed by atoms with Crippen molar-refractivity contribution in [1.29, 1.82) is 0 Å². The summed E-state index contributed by atoms with van der Waals surface area (Å²) in [5.74, 6) is -0.929. The van der Waals surface area contributed by atoms with Gasteiger partial charge in [-0.15, -0.1) is 0 Å². The first-order valence-corrected chi connectivity index (χ1v) is 9.54. The van der Waals surface area contributed by atoms with Gasteiger partial charge in [-0.3, -0.25) is 14.7 Å². The van der Waals surface area contributed by atoms with E-state index in [1.165, 1.54) is 0 Å². The molecule has 0 aliphatic carbocycles. The highest BCUT2D eigenvalue weighted by atomic mass is 16.2. The number of benzene rings is 2. The molecule has 4 rings (SSSR count). The smallest absolute Gasteiger partial charge is 0.251 e.